The number of fused-ring (bicyclic) bond motifs is 1. The van der Waals surface area contributed by atoms with E-state index < -0.39 is 54.2 Å². The number of cyclic esters (lactones) is 2. The molecule has 5 heterocycles. The van der Waals surface area contributed by atoms with Crippen molar-refractivity contribution in [2.24, 2.45) is 62.6 Å². The van der Waals surface area contributed by atoms with Gasteiger partial charge >= 0.3 is 53.7 Å². The number of aliphatic hydroxyl groups is 1. The molecular weight excluding hydrogens is 1410 g/mol. The summed E-state index contributed by atoms with van der Waals surface area (Å²) in [6.45, 7) is 44.3. The Bertz CT molecular complexity index is 2950. The molecular formula is C75H127N3O25S2. The molecule has 0 aromatic carbocycles. The Morgan fingerprint density at radius 3 is 1.19 bits per heavy atom. The SMILES string of the molecule is CCC(C)(C)C(=O)OC.CCC(C)(C)C(=O)OC.CCC(C)(C)C(=O)OC12CC3CC(CC(O)(C3)C1)C2.CCC(C)(C)C(=O)OC1C2CC3C1OC(=O)C3(C#N)C2.CCC(C)C(=O)OC.CCC(C)C(=O)OC.O=C1CCCO1.O=C1CCCO1.O=S1(=O)CCCO1.O=S1(=O)CCCO1.[C-]#[N+]C.[C-]#[N+]C. The second-order valence-corrected chi connectivity index (χ2v) is 33.5. The van der Waals surface area contributed by atoms with Gasteiger partial charge in [-0.05, 0) is 176 Å². The second kappa shape index (κ2) is 47.3. The fourth-order valence-corrected chi connectivity index (χ4v) is 13.9. The van der Waals surface area contributed by atoms with E-state index in [1.165, 1.54) is 49.0 Å². The van der Waals surface area contributed by atoms with Crippen LogP contribution in [0.3, 0.4) is 0 Å². The summed E-state index contributed by atoms with van der Waals surface area (Å²) in [6, 6.07) is 2.15. The van der Waals surface area contributed by atoms with Crippen LogP contribution in [0, 0.1) is 87.1 Å². The van der Waals surface area contributed by atoms with Crippen molar-refractivity contribution in [1.82, 2.24) is 0 Å². The van der Waals surface area contributed by atoms with Crippen LogP contribution >= 0.6 is 0 Å². The van der Waals surface area contributed by atoms with Crippen molar-refractivity contribution in [3.8, 4) is 6.07 Å². The van der Waals surface area contributed by atoms with Crippen molar-refractivity contribution in [3.05, 3.63) is 22.8 Å². The van der Waals surface area contributed by atoms with Gasteiger partial charge in [-0.2, -0.15) is 22.1 Å². The number of hydrogen-bond acceptors (Lipinski definition) is 26. The summed E-state index contributed by atoms with van der Waals surface area (Å²) < 4.78 is 93.5. The van der Waals surface area contributed by atoms with Gasteiger partial charge in [0.15, 0.2) is 5.41 Å². The maximum atomic E-state index is 12.4. The number of methoxy groups -OCH3 is 4. The van der Waals surface area contributed by atoms with Crippen molar-refractivity contribution >= 4 is 74.0 Å². The highest BCUT2D eigenvalue weighted by Gasteiger charge is 2.72. The molecule has 1 N–H and O–H groups in total. The second-order valence-electron chi connectivity index (χ2n) is 30.0. The minimum absolute atomic E-state index is 0.0463. The maximum Gasteiger partial charge on any atom is 0.327 e. The Morgan fingerprint density at radius 1 is 0.581 bits per heavy atom. The molecule has 11 aliphatic rings. The lowest BCUT2D eigenvalue weighted by Crippen LogP contribution is -2.61. The van der Waals surface area contributed by atoms with Crippen LogP contribution < -0.4 is 0 Å². The molecule has 28 nitrogen and oxygen atoms in total. The molecule has 9 atom stereocenters. The van der Waals surface area contributed by atoms with Gasteiger partial charge in [0.2, 0.25) is 14.1 Å². The summed E-state index contributed by atoms with van der Waals surface area (Å²) in [5.74, 6) is 0.252. The average Bonchev–Trinajstić information content (AvgIpc) is 1.51. The summed E-state index contributed by atoms with van der Waals surface area (Å²) in [5.41, 5.74) is -3.45. The lowest BCUT2D eigenvalue weighted by molar-refractivity contribution is -0.225. The highest BCUT2D eigenvalue weighted by atomic mass is 32.2. The van der Waals surface area contributed by atoms with E-state index >= 15 is 0 Å². The summed E-state index contributed by atoms with van der Waals surface area (Å²) in [7, 11) is 2.40. The van der Waals surface area contributed by atoms with Crippen molar-refractivity contribution in [1.29, 1.82) is 5.26 Å². The first kappa shape index (κ1) is 101. The van der Waals surface area contributed by atoms with Gasteiger partial charge in [0, 0.05) is 31.1 Å². The molecule has 0 spiro atoms. The molecule has 105 heavy (non-hydrogen) atoms. The van der Waals surface area contributed by atoms with E-state index in [4.69, 9.17) is 27.4 Å². The minimum atomic E-state index is -3.05. The highest BCUT2D eigenvalue weighted by Crippen LogP contribution is 2.63. The molecule has 0 aromatic heterocycles. The monoisotopic (exact) mass is 1530 g/mol. The van der Waals surface area contributed by atoms with Gasteiger partial charge in [-0.15, -0.1) is 0 Å². The largest absolute Gasteiger partial charge is 0.469 e. The van der Waals surface area contributed by atoms with Gasteiger partial charge in [-0.3, -0.25) is 51.5 Å². The first-order valence-corrected chi connectivity index (χ1v) is 39.5. The smallest absolute Gasteiger partial charge is 0.327 e. The zero-order valence-corrected chi connectivity index (χ0v) is 68.5. The topological polar surface area (TPSA) is 376 Å². The van der Waals surface area contributed by atoms with Crippen LogP contribution in [0.2, 0.25) is 0 Å². The van der Waals surface area contributed by atoms with Gasteiger partial charge in [0.25, 0.3) is 20.2 Å². The molecule has 5 aliphatic heterocycles. The number of rotatable bonds is 14. The Kier molecular flexibility index (Phi) is 45.3. The standard InChI is InChI=1S/C16H26O3.C15H19NO4.2C7H14O2.2C6H12O2.2C4H6O2.2C3H6O3S.2C2H3N/c1-4-14(2,3)13(17)19-16-8-11-5-12(9-16)7-15(18,6-11)10-16;1-4-14(2,3)12(17)19-10-8-5-9-11(10)20-13(18)15(9,6-8)7-16;2*1-5-7(2,3)6(8)9-4;2*1-4-5(2)6(7)8-3;2*5-4-2-1-3-6-4;2*4-7(5)3-1-2-6-7;2*1-3-2/h11-12,18H,4-10H2,1-3H3;8-11H,4-6H2,1-3H3;2*5H2,1-4H3;2*5H,4H2,1-3H3;2*1-3H2;2*1-3H2;2*1H3. The predicted molar refractivity (Wildman–Crippen MR) is 390 cm³/mol. The van der Waals surface area contributed by atoms with E-state index in [0.717, 1.165) is 77.0 Å². The summed E-state index contributed by atoms with van der Waals surface area (Å²) >= 11 is 0. The molecule has 0 aromatic rings. The number of ether oxygens (including phenoxy) is 9. The number of esters is 9. The maximum absolute atomic E-state index is 12.4. The van der Waals surface area contributed by atoms with E-state index in [9.17, 15) is 70.4 Å². The molecule has 604 valence electrons. The molecule has 0 radical (unpaired) electrons. The highest BCUT2D eigenvalue weighted by molar-refractivity contribution is 7.87. The normalized spacial score (nSPS) is 26.1. The van der Waals surface area contributed by atoms with E-state index in [0.29, 0.717) is 83.2 Å². The lowest BCUT2D eigenvalue weighted by Gasteiger charge is -2.59. The molecule has 9 unspecified atom stereocenters. The van der Waals surface area contributed by atoms with Crippen molar-refractivity contribution in [2.45, 2.75) is 263 Å². The summed E-state index contributed by atoms with van der Waals surface area (Å²) in [4.78, 5) is 105. The number of nitrogens with zero attached hydrogens (tertiary/aromatic N) is 3. The van der Waals surface area contributed by atoms with Crippen LogP contribution in [-0.2, 0) is 114 Å². The fourth-order valence-electron chi connectivity index (χ4n) is 11.9. The molecule has 5 saturated heterocycles. The Labute approximate surface area is 627 Å². The van der Waals surface area contributed by atoms with Gasteiger partial charge in [-0.25, -0.2) is 13.1 Å². The quantitative estimate of drug-likeness (QED) is 0.0730. The minimum Gasteiger partial charge on any atom is -0.469 e. The van der Waals surface area contributed by atoms with Gasteiger partial charge < -0.3 is 57.4 Å². The van der Waals surface area contributed by atoms with Crippen LogP contribution in [0.25, 0.3) is 9.69 Å². The van der Waals surface area contributed by atoms with Gasteiger partial charge in [0.1, 0.15) is 17.8 Å². The number of carbonyl (C=O) groups is 9. The van der Waals surface area contributed by atoms with Crippen LogP contribution in [0.15, 0.2) is 0 Å². The molecule has 6 aliphatic carbocycles. The summed E-state index contributed by atoms with van der Waals surface area (Å²) in [5, 5.41) is 20.0. The van der Waals surface area contributed by atoms with E-state index in [-0.39, 0.29) is 105 Å². The summed E-state index contributed by atoms with van der Waals surface area (Å²) in [6.07, 6.45) is 15.3. The molecule has 6 saturated carbocycles. The third-order valence-electron chi connectivity index (χ3n) is 20.0. The predicted octanol–water partition coefficient (Wildman–Crippen LogP) is 11.7. The van der Waals surface area contributed by atoms with E-state index in [1.54, 1.807) is 0 Å². The Balaban J connectivity index is 0. The van der Waals surface area contributed by atoms with Crippen molar-refractivity contribution in [2.75, 3.05) is 80.5 Å². The fraction of sp³-hybridized carbons (Fsp3) is 0.840. The number of nitriles is 1. The number of carbonyl (C=O) groups excluding carboxylic acids is 9. The first-order chi connectivity index (χ1) is 48.7. The van der Waals surface area contributed by atoms with E-state index in [2.05, 4.69) is 52.5 Å². The van der Waals surface area contributed by atoms with Crippen LogP contribution in [-0.4, -0.2) is 180 Å². The third kappa shape index (κ3) is 34.5. The van der Waals surface area contributed by atoms with Crippen molar-refractivity contribution < 1.29 is 116 Å². The van der Waals surface area contributed by atoms with Gasteiger partial charge in [0.05, 0.1) is 112 Å². The van der Waals surface area contributed by atoms with E-state index in [1.807, 2.05) is 111 Å². The molecule has 11 fully saturated rings. The zero-order chi connectivity index (χ0) is 81.6. The first-order valence-electron chi connectivity index (χ1n) is 36.4. The molecule has 6 bridgehead atoms. The average molecular weight is 1530 g/mol. The Morgan fingerprint density at radius 2 is 0.952 bits per heavy atom. The van der Waals surface area contributed by atoms with Crippen LogP contribution in [0.4, 0.5) is 0 Å². The lowest BCUT2D eigenvalue weighted by atomic mass is 9.52. The van der Waals surface area contributed by atoms with Crippen molar-refractivity contribution in [3.63, 3.8) is 0 Å². The van der Waals surface area contributed by atoms with Crippen LogP contribution in [0.1, 0.15) is 239 Å². The molecule has 0 amide bonds. The van der Waals surface area contributed by atoms with Gasteiger partial charge in [-0.1, -0.05) is 55.4 Å². The molecule has 11 rings (SSSR count). The van der Waals surface area contributed by atoms with Crippen LogP contribution in [0.5, 0.6) is 0 Å². The third-order valence-corrected chi connectivity index (χ3v) is 22.7. The Hall–Kier alpha value is -6.52. The molecule has 30 heteroatoms. The zero-order valence-electron chi connectivity index (χ0n) is 66.9. The number of hydrogen-bond donors (Lipinski definition) is 1.